The van der Waals surface area contributed by atoms with E-state index in [9.17, 15) is 13.2 Å². The molecule has 0 radical (unpaired) electrons. The zero-order valence-electron chi connectivity index (χ0n) is 13.2. The Kier molecular flexibility index (Phi) is 7.98. The van der Waals surface area contributed by atoms with Crippen molar-refractivity contribution in [2.75, 3.05) is 31.1 Å². The predicted molar refractivity (Wildman–Crippen MR) is 93.6 cm³/mol. The summed E-state index contributed by atoms with van der Waals surface area (Å²) in [7, 11) is -3.49. The molecule has 1 fully saturated rings. The minimum absolute atomic E-state index is 0. The van der Waals surface area contributed by atoms with E-state index in [0.29, 0.717) is 26.1 Å². The van der Waals surface area contributed by atoms with Gasteiger partial charge in [-0.15, -0.1) is 12.4 Å². The van der Waals surface area contributed by atoms with Crippen molar-refractivity contribution >= 4 is 34.0 Å². The third kappa shape index (κ3) is 5.46. The smallest absolute Gasteiger partial charge is 0.240 e. The first-order valence-corrected chi connectivity index (χ1v) is 9.13. The molecular formula is C15H24ClN3O3S. The number of nitrogens with one attached hydrogen (secondary N) is 2. The standard InChI is InChI=1S/C15H23N3O3S.ClH/c1-2-9-16-10-11-17-22(20,21)14-7-5-13(6-8-14)18-12-3-4-15(18)19;/h5-8,16-17H,2-4,9-12H2,1H3;1H. The lowest BCUT2D eigenvalue weighted by atomic mass is 10.3. The van der Waals surface area contributed by atoms with Gasteiger partial charge in [0.2, 0.25) is 15.9 Å². The van der Waals surface area contributed by atoms with E-state index in [0.717, 1.165) is 25.1 Å². The van der Waals surface area contributed by atoms with Crippen LogP contribution in [0.2, 0.25) is 0 Å². The van der Waals surface area contributed by atoms with Crippen LogP contribution in [0, 0.1) is 0 Å². The quantitative estimate of drug-likeness (QED) is 0.688. The molecule has 0 saturated carbocycles. The lowest BCUT2D eigenvalue weighted by Gasteiger charge is -2.16. The third-order valence-electron chi connectivity index (χ3n) is 3.55. The van der Waals surface area contributed by atoms with Crippen molar-refractivity contribution in [2.45, 2.75) is 31.1 Å². The van der Waals surface area contributed by atoms with Gasteiger partial charge in [0.05, 0.1) is 4.90 Å². The molecule has 0 atom stereocenters. The summed E-state index contributed by atoms with van der Waals surface area (Å²) < 4.78 is 26.8. The maximum absolute atomic E-state index is 12.1. The van der Waals surface area contributed by atoms with E-state index in [1.807, 2.05) is 0 Å². The lowest BCUT2D eigenvalue weighted by Crippen LogP contribution is -2.32. The molecule has 0 aliphatic carbocycles. The van der Waals surface area contributed by atoms with Crippen molar-refractivity contribution in [3.8, 4) is 0 Å². The normalized spacial score (nSPS) is 14.8. The summed E-state index contributed by atoms with van der Waals surface area (Å²) >= 11 is 0. The highest BCUT2D eigenvalue weighted by Gasteiger charge is 2.22. The van der Waals surface area contributed by atoms with Crippen molar-refractivity contribution in [3.05, 3.63) is 24.3 Å². The molecule has 130 valence electrons. The highest BCUT2D eigenvalue weighted by molar-refractivity contribution is 7.89. The second-order valence-corrected chi connectivity index (χ2v) is 7.06. The molecule has 1 aromatic carbocycles. The molecule has 23 heavy (non-hydrogen) atoms. The second-order valence-electron chi connectivity index (χ2n) is 5.29. The molecule has 0 bridgehead atoms. The number of rotatable bonds is 8. The molecule has 1 amide bonds. The van der Waals surface area contributed by atoms with Gasteiger partial charge in [-0.25, -0.2) is 13.1 Å². The fraction of sp³-hybridized carbons (Fsp3) is 0.533. The number of benzene rings is 1. The fourth-order valence-electron chi connectivity index (χ4n) is 2.39. The van der Waals surface area contributed by atoms with E-state index in [-0.39, 0.29) is 23.2 Å². The van der Waals surface area contributed by atoms with Gasteiger partial charge in [0, 0.05) is 31.7 Å². The summed E-state index contributed by atoms with van der Waals surface area (Å²) in [6, 6.07) is 6.46. The van der Waals surface area contributed by atoms with Gasteiger partial charge in [0.15, 0.2) is 0 Å². The number of carbonyl (C=O) groups excluding carboxylic acids is 1. The Bertz CT molecular complexity index is 605. The van der Waals surface area contributed by atoms with Crippen LogP contribution >= 0.6 is 12.4 Å². The Morgan fingerprint density at radius 3 is 2.39 bits per heavy atom. The van der Waals surface area contributed by atoms with Gasteiger partial charge in [-0.3, -0.25) is 4.79 Å². The van der Waals surface area contributed by atoms with E-state index in [1.165, 1.54) is 0 Å². The Hall–Kier alpha value is -1.15. The SMILES string of the molecule is CCCNCCNS(=O)(=O)c1ccc(N2CCCC2=O)cc1.Cl. The van der Waals surface area contributed by atoms with Gasteiger partial charge in [0.25, 0.3) is 0 Å². The van der Waals surface area contributed by atoms with E-state index in [4.69, 9.17) is 0 Å². The van der Waals surface area contributed by atoms with Crippen LogP contribution in [0.1, 0.15) is 26.2 Å². The first kappa shape index (κ1) is 19.9. The molecule has 1 aliphatic heterocycles. The van der Waals surface area contributed by atoms with Gasteiger partial charge in [-0.1, -0.05) is 6.92 Å². The van der Waals surface area contributed by atoms with Crippen LogP contribution in [0.5, 0.6) is 0 Å². The van der Waals surface area contributed by atoms with Crippen molar-refractivity contribution in [2.24, 2.45) is 0 Å². The zero-order valence-corrected chi connectivity index (χ0v) is 14.9. The molecule has 8 heteroatoms. The molecular weight excluding hydrogens is 338 g/mol. The summed E-state index contributed by atoms with van der Waals surface area (Å²) in [6.07, 6.45) is 2.43. The molecule has 1 aliphatic rings. The maximum Gasteiger partial charge on any atom is 0.240 e. The highest BCUT2D eigenvalue weighted by atomic mass is 35.5. The van der Waals surface area contributed by atoms with Crippen molar-refractivity contribution in [1.29, 1.82) is 0 Å². The monoisotopic (exact) mass is 361 g/mol. The fourth-order valence-corrected chi connectivity index (χ4v) is 3.42. The van der Waals surface area contributed by atoms with Crippen LogP contribution in [0.15, 0.2) is 29.2 Å². The van der Waals surface area contributed by atoms with Crippen molar-refractivity contribution < 1.29 is 13.2 Å². The minimum atomic E-state index is -3.49. The number of sulfonamides is 1. The summed E-state index contributed by atoms with van der Waals surface area (Å²) in [6.45, 7) is 4.60. The van der Waals surface area contributed by atoms with E-state index in [1.54, 1.807) is 29.2 Å². The summed E-state index contributed by atoms with van der Waals surface area (Å²) in [4.78, 5) is 13.6. The van der Waals surface area contributed by atoms with Gasteiger partial charge >= 0.3 is 0 Å². The van der Waals surface area contributed by atoms with Crippen LogP contribution in [-0.2, 0) is 14.8 Å². The molecule has 2 N–H and O–H groups in total. The number of amides is 1. The molecule has 0 spiro atoms. The van der Waals surface area contributed by atoms with E-state index < -0.39 is 10.0 Å². The van der Waals surface area contributed by atoms with Crippen molar-refractivity contribution in [1.82, 2.24) is 10.0 Å². The molecule has 0 unspecified atom stereocenters. The number of hydrogen-bond acceptors (Lipinski definition) is 4. The highest BCUT2D eigenvalue weighted by Crippen LogP contribution is 2.22. The van der Waals surface area contributed by atoms with Crippen LogP contribution in [0.3, 0.4) is 0 Å². The Labute approximate surface area is 144 Å². The lowest BCUT2D eigenvalue weighted by molar-refractivity contribution is -0.117. The van der Waals surface area contributed by atoms with Crippen LogP contribution in [0.25, 0.3) is 0 Å². The molecule has 1 heterocycles. The Balaban J connectivity index is 0.00000264. The Morgan fingerprint density at radius 2 is 1.83 bits per heavy atom. The van der Waals surface area contributed by atoms with Gasteiger partial charge in [0.1, 0.15) is 0 Å². The molecule has 6 nitrogen and oxygen atoms in total. The zero-order chi connectivity index (χ0) is 16.0. The average Bonchev–Trinajstić information content (AvgIpc) is 2.93. The molecule has 2 rings (SSSR count). The second kappa shape index (κ2) is 9.22. The van der Waals surface area contributed by atoms with Crippen molar-refractivity contribution in [3.63, 3.8) is 0 Å². The summed E-state index contributed by atoms with van der Waals surface area (Å²) in [5.41, 5.74) is 0.756. The van der Waals surface area contributed by atoms with Gasteiger partial charge in [-0.05, 0) is 43.7 Å². The molecule has 0 aromatic heterocycles. The molecule has 1 aromatic rings. The number of carbonyl (C=O) groups is 1. The number of anilines is 1. The topological polar surface area (TPSA) is 78.5 Å². The third-order valence-corrected chi connectivity index (χ3v) is 5.03. The number of halogens is 1. The van der Waals surface area contributed by atoms with E-state index in [2.05, 4.69) is 17.0 Å². The number of nitrogens with zero attached hydrogens (tertiary/aromatic N) is 1. The Morgan fingerprint density at radius 1 is 1.13 bits per heavy atom. The first-order valence-electron chi connectivity index (χ1n) is 7.65. The van der Waals surface area contributed by atoms with Crippen LogP contribution in [-0.4, -0.2) is 40.5 Å². The summed E-state index contributed by atoms with van der Waals surface area (Å²) in [5, 5.41) is 3.14. The minimum Gasteiger partial charge on any atom is -0.315 e. The van der Waals surface area contributed by atoms with Gasteiger partial charge < -0.3 is 10.2 Å². The number of hydrogen-bond donors (Lipinski definition) is 2. The summed E-state index contributed by atoms with van der Waals surface area (Å²) in [5.74, 6) is 0.0933. The van der Waals surface area contributed by atoms with E-state index >= 15 is 0 Å². The maximum atomic E-state index is 12.1. The van der Waals surface area contributed by atoms with Crippen LogP contribution < -0.4 is 14.9 Å². The van der Waals surface area contributed by atoms with Gasteiger partial charge in [-0.2, -0.15) is 0 Å². The predicted octanol–water partition coefficient (Wildman–Crippen LogP) is 1.51. The average molecular weight is 362 g/mol. The molecule has 1 saturated heterocycles. The first-order chi connectivity index (χ1) is 10.5. The largest absolute Gasteiger partial charge is 0.315 e. The van der Waals surface area contributed by atoms with Crippen LogP contribution in [0.4, 0.5) is 5.69 Å².